The van der Waals surface area contributed by atoms with E-state index in [0.717, 1.165) is 16.6 Å². The third kappa shape index (κ3) is 3.37. The smallest absolute Gasteiger partial charge is 0.220 e. The Morgan fingerprint density at radius 1 is 1.22 bits per heavy atom. The first-order valence-electron chi connectivity index (χ1n) is 8.29. The third-order valence-corrected chi connectivity index (χ3v) is 5.27. The van der Waals surface area contributed by atoms with E-state index in [2.05, 4.69) is 51.6 Å². The summed E-state index contributed by atoms with van der Waals surface area (Å²) in [7, 11) is 0. The van der Waals surface area contributed by atoms with Crippen LogP contribution in [-0.2, 0) is 11.2 Å². The van der Waals surface area contributed by atoms with Gasteiger partial charge in [-0.2, -0.15) is 0 Å². The second-order valence-electron chi connectivity index (χ2n) is 6.74. The number of amides is 1. The Balaban J connectivity index is 1.48. The van der Waals surface area contributed by atoms with E-state index in [1.165, 1.54) is 29.2 Å². The van der Waals surface area contributed by atoms with Gasteiger partial charge in [0.05, 0.1) is 6.61 Å². The standard InChI is InChI=1S/C19H20BrNO2/c20-15-5-3-14-4-6-18-17(16(14)9-15)7-13(11-23-18)10-21-19(22)8-12-1-2-12/h3-6,9,12-13H,1-2,7-8,10-11H2,(H,21,22). The molecule has 1 amide bonds. The van der Waals surface area contributed by atoms with E-state index in [1.54, 1.807) is 0 Å². The molecule has 120 valence electrons. The lowest BCUT2D eigenvalue weighted by atomic mass is 9.92. The molecule has 1 atom stereocenters. The Bertz CT molecular complexity index is 754. The molecule has 1 saturated carbocycles. The van der Waals surface area contributed by atoms with E-state index in [-0.39, 0.29) is 5.91 Å². The zero-order valence-corrected chi connectivity index (χ0v) is 14.6. The maximum Gasteiger partial charge on any atom is 0.220 e. The highest BCUT2D eigenvalue weighted by Crippen LogP contribution is 2.35. The maximum absolute atomic E-state index is 11.9. The number of ether oxygens (including phenoxy) is 1. The summed E-state index contributed by atoms with van der Waals surface area (Å²) in [5, 5.41) is 5.56. The molecule has 23 heavy (non-hydrogen) atoms. The number of nitrogens with one attached hydrogen (secondary N) is 1. The molecule has 1 unspecified atom stereocenters. The Morgan fingerprint density at radius 3 is 2.87 bits per heavy atom. The predicted molar refractivity (Wildman–Crippen MR) is 94.7 cm³/mol. The molecule has 1 aliphatic carbocycles. The zero-order valence-electron chi connectivity index (χ0n) is 13.0. The summed E-state index contributed by atoms with van der Waals surface area (Å²) in [5.41, 5.74) is 1.26. The first-order valence-corrected chi connectivity index (χ1v) is 9.09. The average molecular weight is 374 g/mol. The molecule has 3 nitrogen and oxygen atoms in total. The molecule has 2 aliphatic rings. The molecule has 0 bridgehead atoms. The lowest BCUT2D eigenvalue weighted by molar-refractivity contribution is -0.121. The molecule has 4 rings (SSSR count). The van der Waals surface area contributed by atoms with Crippen LogP contribution in [0.2, 0.25) is 0 Å². The number of benzene rings is 2. The van der Waals surface area contributed by atoms with Crippen molar-refractivity contribution in [3.63, 3.8) is 0 Å². The van der Waals surface area contributed by atoms with Gasteiger partial charge in [0.1, 0.15) is 5.75 Å². The van der Waals surface area contributed by atoms with E-state index in [0.29, 0.717) is 31.4 Å². The van der Waals surface area contributed by atoms with Gasteiger partial charge in [0.2, 0.25) is 5.91 Å². The molecule has 0 spiro atoms. The van der Waals surface area contributed by atoms with Gasteiger partial charge in [0.25, 0.3) is 0 Å². The molecule has 0 saturated heterocycles. The highest BCUT2D eigenvalue weighted by atomic mass is 79.9. The van der Waals surface area contributed by atoms with E-state index < -0.39 is 0 Å². The molecule has 4 heteroatoms. The fraction of sp³-hybridized carbons (Fsp3) is 0.421. The summed E-state index contributed by atoms with van der Waals surface area (Å²) in [4.78, 5) is 11.9. The fourth-order valence-corrected chi connectivity index (χ4v) is 3.64. The van der Waals surface area contributed by atoms with Gasteiger partial charge >= 0.3 is 0 Å². The summed E-state index contributed by atoms with van der Waals surface area (Å²) >= 11 is 3.56. The largest absolute Gasteiger partial charge is 0.493 e. The summed E-state index contributed by atoms with van der Waals surface area (Å²) in [6, 6.07) is 10.5. The molecular formula is C19H20BrNO2. The fourth-order valence-electron chi connectivity index (χ4n) is 3.28. The van der Waals surface area contributed by atoms with Crippen molar-refractivity contribution in [2.24, 2.45) is 11.8 Å². The van der Waals surface area contributed by atoms with Crippen molar-refractivity contribution in [1.29, 1.82) is 0 Å². The number of hydrogen-bond donors (Lipinski definition) is 1. The van der Waals surface area contributed by atoms with Crippen LogP contribution in [0.4, 0.5) is 0 Å². The Hall–Kier alpha value is -1.55. The predicted octanol–water partition coefficient (Wildman–Crippen LogP) is 4.07. The average Bonchev–Trinajstić information content (AvgIpc) is 3.36. The highest BCUT2D eigenvalue weighted by molar-refractivity contribution is 9.10. The lowest BCUT2D eigenvalue weighted by Gasteiger charge is -2.26. The summed E-state index contributed by atoms with van der Waals surface area (Å²) in [6.07, 6.45) is 4.08. The number of hydrogen-bond acceptors (Lipinski definition) is 2. The van der Waals surface area contributed by atoms with Crippen molar-refractivity contribution >= 4 is 32.6 Å². The molecule has 1 aliphatic heterocycles. The molecule has 1 N–H and O–H groups in total. The molecular weight excluding hydrogens is 354 g/mol. The van der Waals surface area contributed by atoms with Gasteiger partial charge in [-0.15, -0.1) is 0 Å². The van der Waals surface area contributed by atoms with Crippen molar-refractivity contribution in [2.45, 2.75) is 25.7 Å². The SMILES string of the molecule is O=C(CC1CC1)NCC1COc2ccc3ccc(Br)cc3c2C1. The monoisotopic (exact) mass is 373 g/mol. The minimum absolute atomic E-state index is 0.193. The van der Waals surface area contributed by atoms with Gasteiger partial charge in [-0.1, -0.05) is 28.1 Å². The Morgan fingerprint density at radius 2 is 2.04 bits per heavy atom. The van der Waals surface area contributed by atoms with Crippen LogP contribution in [0.1, 0.15) is 24.8 Å². The van der Waals surface area contributed by atoms with Gasteiger partial charge in [-0.05, 0) is 54.2 Å². The Labute approximate surface area is 144 Å². The van der Waals surface area contributed by atoms with E-state index >= 15 is 0 Å². The molecule has 1 heterocycles. The molecule has 1 fully saturated rings. The maximum atomic E-state index is 11.9. The number of halogens is 1. The first kappa shape index (κ1) is 15.0. The topological polar surface area (TPSA) is 38.3 Å². The van der Waals surface area contributed by atoms with Crippen LogP contribution in [0.3, 0.4) is 0 Å². The van der Waals surface area contributed by atoms with Crippen LogP contribution in [0, 0.1) is 11.8 Å². The van der Waals surface area contributed by atoms with Crippen LogP contribution >= 0.6 is 15.9 Å². The van der Waals surface area contributed by atoms with E-state index in [4.69, 9.17) is 4.74 Å². The van der Waals surface area contributed by atoms with Crippen LogP contribution in [0.15, 0.2) is 34.8 Å². The van der Waals surface area contributed by atoms with Crippen molar-refractivity contribution < 1.29 is 9.53 Å². The van der Waals surface area contributed by atoms with Crippen LogP contribution < -0.4 is 10.1 Å². The number of carbonyl (C=O) groups is 1. The van der Waals surface area contributed by atoms with Crippen molar-refractivity contribution in [3.05, 3.63) is 40.4 Å². The first-order chi connectivity index (χ1) is 11.2. The zero-order chi connectivity index (χ0) is 15.8. The lowest BCUT2D eigenvalue weighted by Crippen LogP contribution is -2.34. The van der Waals surface area contributed by atoms with Gasteiger partial charge < -0.3 is 10.1 Å². The van der Waals surface area contributed by atoms with Gasteiger partial charge in [0, 0.05) is 28.9 Å². The number of carbonyl (C=O) groups excluding carboxylic acids is 1. The molecule has 0 aromatic heterocycles. The minimum atomic E-state index is 0.193. The van der Waals surface area contributed by atoms with Crippen LogP contribution in [0.5, 0.6) is 5.75 Å². The van der Waals surface area contributed by atoms with Crippen molar-refractivity contribution in [2.75, 3.05) is 13.2 Å². The van der Waals surface area contributed by atoms with E-state index in [9.17, 15) is 4.79 Å². The minimum Gasteiger partial charge on any atom is -0.493 e. The number of rotatable bonds is 4. The molecule has 2 aromatic rings. The molecule has 2 aromatic carbocycles. The van der Waals surface area contributed by atoms with E-state index in [1.807, 2.05) is 0 Å². The normalized spacial score (nSPS) is 20.0. The van der Waals surface area contributed by atoms with Gasteiger partial charge in [-0.25, -0.2) is 0 Å². The van der Waals surface area contributed by atoms with Crippen molar-refractivity contribution in [1.82, 2.24) is 5.32 Å². The summed E-state index contributed by atoms with van der Waals surface area (Å²) in [6.45, 7) is 1.38. The second kappa shape index (κ2) is 6.16. The second-order valence-corrected chi connectivity index (χ2v) is 7.66. The van der Waals surface area contributed by atoms with Crippen molar-refractivity contribution in [3.8, 4) is 5.75 Å². The van der Waals surface area contributed by atoms with Gasteiger partial charge in [-0.3, -0.25) is 4.79 Å². The third-order valence-electron chi connectivity index (χ3n) is 4.78. The number of fused-ring (bicyclic) bond motifs is 3. The quantitative estimate of drug-likeness (QED) is 0.876. The van der Waals surface area contributed by atoms with Gasteiger partial charge in [0.15, 0.2) is 0 Å². The summed E-state index contributed by atoms with van der Waals surface area (Å²) in [5.74, 6) is 2.16. The Kier molecular flexibility index (Phi) is 4.02. The summed E-state index contributed by atoms with van der Waals surface area (Å²) < 4.78 is 7.02. The van der Waals surface area contributed by atoms with Crippen LogP contribution in [-0.4, -0.2) is 19.1 Å². The molecule has 0 radical (unpaired) electrons. The highest BCUT2D eigenvalue weighted by Gasteiger charge is 2.26. The van der Waals surface area contributed by atoms with Crippen LogP contribution in [0.25, 0.3) is 10.8 Å².